The molecule has 1 aliphatic heterocycles. The third-order valence-corrected chi connectivity index (χ3v) is 3.28. The number of nitrogens with two attached hydrogens (primary N) is 1. The lowest BCUT2D eigenvalue weighted by molar-refractivity contribution is -0.125. The summed E-state index contributed by atoms with van der Waals surface area (Å²) in [5.41, 5.74) is 8.16. The second-order valence-electron chi connectivity index (χ2n) is 4.65. The molecule has 0 aromatic heterocycles. The number of aryl methyl sites for hydroxylation is 1. The average Bonchev–Trinajstić information content (AvgIpc) is 2.52. The molecule has 96 valence electrons. The van der Waals surface area contributed by atoms with E-state index >= 15 is 0 Å². The predicted octanol–water partition coefficient (Wildman–Crippen LogP) is 1.89. The number of rotatable bonds is 2. The molecule has 4 heteroatoms. The van der Waals surface area contributed by atoms with Gasteiger partial charge in [0.2, 0.25) is 11.8 Å². The molecule has 2 rings (SSSR count). The maximum Gasteiger partial charge on any atom is 0.233 e. The summed E-state index contributed by atoms with van der Waals surface area (Å²) < 4.78 is 0. The van der Waals surface area contributed by atoms with Crippen LogP contribution in [0, 0.1) is 6.92 Å². The quantitative estimate of drug-likeness (QED) is 0.810. The number of amides is 2. The SMILES string of the molecule is Cc1ccc(CN)cc1N1C(=O)CCCCC1=O. The van der Waals surface area contributed by atoms with Crippen molar-refractivity contribution >= 4 is 17.5 Å². The van der Waals surface area contributed by atoms with Gasteiger partial charge in [0.1, 0.15) is 0 Å². The van der Waals surface area contributed by atoms with Gasteiger partial charge in [0.25, 0.3) is 0 Å². The first-order valence-corrected chi connectivity index (χ1v) is 6.29. The summed E-state index contributed by atoms with van der Waals surface area (Å²) in [6.07, 6.45) is 2.46. The molecule has 0 unspecified atom stereocenters. The van der Waals surface area contributed by atoms with E-state index in [4.69, 9.17) is 5.73 Å². The minimum atomic E-state index is -0.102. The highest BCUT2D eigenvalue weighted by Crippen LogP contribution is 2.26. The maximum absolute atomic E-state index is 12.1. The van der Waals surface area contributed by atoms with Gasteiger partial charge in [-0.3, -0.25) is 14.5 Å². The lowest BCUT2D eigenvalue weighted by Gasteiger charge is -2.21. The number of hydrogen-bond donors (Lipinski definition) is 1. The van der Waals surface area contributed by atoms with Crippen molar-refractivity contribution in [2.75, 3.05) is 4.90 Å². The van der Waals surface area contributed by atoms with Crippen molar-refractivity contribution in [2.45, 2.75) is 39.2 Å². The van der Waals surface area contributed by atoms with Gasteiger partial charge in [-0.25, -0.2) is 0 Å². The van der Waals surface area contributed by atoms with Crippen molar-refractivity contribution < 1.29 is 9.59 Å². The van der Waals surface area contributed by atoms with Crippen molar-refractivity contribution in [3.8, 4) is 0 Å². The summed E-state index contributed by atoms with van der Waals surface area (Å²) in [4.78, 5) is 25.4. The van der Waals surface area contributed by atoms with Gasteiger partial charge in [-0.15, -0.1) is 0 Å². The normalized spacial score (nSPS) is 16.9. The van der Waals surface area contributed by atoms with Crippen LogP contribution in [0.1, 0.15) is 36.8 Å². The third-order valence-electron chi connectivity index (χ3n) is 3.28. The summed E-state index contributed by atoms with van der Waals surface area (Å²) in [7, 11) is 0. The van der Waals surface area contributed by atoms with Gasteiger partial charge in [-0.05, 0) is 37.0 Å². The van der Waals surface area contributed by atoms with Crippen LogP contribution in [0.15, 0.2) is 18.2 Å². The largest absolute Gasteiger partial charge is 0.326 e. The van der Waals surface area contributed by atoms with Gasteiger partial charge in [0, 0.05) is 19.4 Å². The minimum absolute atomic E-state index is 0.102. The molecular weight excluding hydrogens is 228 g/mol. The van der Waals surface area contributed by atoms with E-state index in [2.05, 4.69) is 0 Å². The molecule has 4 nitrogen and oxygen atoms in total. The molecule has 1 aromatic rings. The van der Waals surface area contributed by atoms with E-state index in [-0.39, 0.29) is 11.8 Å². The number of hydrogen-bond acceptors (Lipinski definition) is 3. The zero-order chi connectivity index (χ0) is 13.1. The molecule has 1 saturated heterocycles. The lowest BCUT2D eigenvalue weighted by atomic mass is 10.1. The van der Waals surface area contributed by atoms with Crippen LogP contribution in [0.25, 0.3) is 0 Å². The Bertz CT molecular complexity index is 465. The predicted molar refractivity (Wildman–Crippen MR) is 70.0 cm³/mol. The number of benzene rings is 1. The molecule has 0 saturated carbocycles. The van der Waals surface area contributed by atoms with Gasteiger partial charge < -0.3 is 5.73 Å². The van der Waals surface area contributed by atoms with E-state index in [1.54, 1.807) is 0 Å². The smallest absolute Gasteiger partial charge is 0.233 e. The standard InChI is InChI=1S/C14H18N2O2/c1-10-6-7-11(9-15)8-12(10)16-13(17)4-2-3-5-14(16)18/h6-8H,2-5,9,15H2,1H3. The van der Waals surface area contributed by atoms with Gasteiger partial charge in [-0.2, -0.15) is 0 Å². The van der Waals surface area contributed by atoms with Gasteiger partial charge in [-0.1, -0.05) is 12.1 Å². The van der Waals surface area contributed by atoms with Gasteiger partial charge in [0.15, 0.2) is 0 Å². The number of nitrogens with zero attached hydrogens (tertiary/aromatic N) is 1. The Morgan fingerprint density at radius 2 is 1.78 bits per heavy atom. The lowest BCUT2D eigenvalue weighted by Crippen LogP contribution is -2.35. The molecule has 1 heterocycles. The highest BCUT2D eigenvalue weighted by Gasteiger charge is 2.26. The molecule has 2 amide bonds. The first kappa shape index (κ1) is 12.8. The van der Waals surface area contributed by atoms with Crippen LogP contribution in [0.5, 0.6) is 0 Å². The van der Waals surface area contributed by atoms with Crippen LogP contribution >= 0.6 is 0 Å². The van der Waals surface area contributed by atoms with Gasteiger partial charge >= 0.3 is 0 Å². The molecule has 1 fully saturated rings. The third kappa shape index (κ3) is 2.43. The Balaban J connectivity index is 2.44. The highest BCUT2D eigenvalue weighted by molar-refractivity contribution is 6.15. The number of anilines is 1. The van der Waals surface area contributed by atoms with Crippen LogP contribution in [0.3, 0.4) is 0 Å². The maximum atomic E-state index is 12.1. The van der Waals surface area contributed by atoms with Crippen molar-refractivity contribution in [1.29, 1.82) is 0 Å². The Kier molecular flexibility index (Phi) is 3.77. The molecule has 0 aliphatic carbocycles. The van der Waals surface area contributed by atoms with Crippen LogP contribution in [0.2, 0.25) is 0 Å². The number of imide groups is 1. The van der Waals surface area contributed by atoms with E-state index < -0.39 is 0 Å². The first-order valence-electron chi connectivity index (χ1n) is 6.29. The minimum Gasteiger partial charge on any atom is -0.326 e. The summed E-state index contributed by atoms with van der Waals surface area (Å²) in [6.45, 7) is 2.31. The van der Waals surface area contributed by atoms with Crippen molar-refractivity contribution in [1.82, 2.24) is 0 Å². The van der Waals surface area contributed by atoms with Crippen molar-refractivity contribution in [3.05, 3.63) is 29.3 Å². The summed E-state index contributed by atoms with van der Waals surface area (Å²) >= 11 is 0. The van der Waals surface area contributed by atoms with Crippen LogP contribution in [-0.2, 0) is 16.1 Å². The second kappa shape index (κ2) is 5.31. The van der Waals surface area contributed by atoms with Gasteiger partial charge in [0.05, 0.1) is 5.69 Å². The molecule has 0 radical (unpaired) electrons. The van der Waals surface area contributed by atoms with Crippen LogP contribution in [0.4, 0.5) is 5.69 Å². The second-order valence-corrected chi connectivity index (χ2v) is 4.65. The molecule has 0 atom stereocenters. The topological polar surface area (TPSA) is 63.4 Å². The van der Waals surface area contributed by atoms with Crippen LogP contribution in [-0.4, -0.2) is 11.8 Å². The molecule has 0 spiro atoms. The van der Waals surface area contributed by atoms with E-state index in [1.807, 2.05) is 25.1 Å². The monoisotopic (exact) mass is 246 g/mol. The fraction of sp³-hybridized carbons (Fsp3) is 0.429. The van der Waals surface area contributed by atoms with Crippen molar-refractivity contribution in [2.24, 2.45) is 5.73 Å². The highest BCUT2D eigenvalue weighted by atomic mass is 16.2. The van der Waals surface area contributed by atoms with E-state index in [9.17, 15) is 9.59 Å². The average molecular weight is 246 g/mol. The number of carbonyl (C=O) groups is 2. The Morgan fingerprint density at radius 3 is 2.33 bits per heavy atom. The van der Waals surface area contributed by atoms with E-state index in [0.29, 0.717) is 25.1 Å². The number of carbonyl (C=O) groups excluding carboxylic acids is 2. The fourth-order valence-corrected chi connectivity index (χ4v) is 2.21. The summed E-state index contributed by atoms with van der Waals surface area (Å²) in [5, 5.41) is 0. The zero-order valence-electron chi connectivity index (χ0n) is 10.6. The molecular formula is C14H18N2O2. The first-order chi connectivity index (χ1) is 8.63. The Labute approximate surface area is 107 Å². The Hall–Kier alpha value is -1.68. The molecule has 1 aromatic carbocycles. The summed E-state index contributed by atoms with van der Waals surface area (Å²) in [6, 6.07) is 5.67. The Morgan fingerprint density at radius 1 is 1.17 bits per heavy atom. The molecule has 18 heavy (non-hydrogen) atoms. The summed E-state index contributed by atoms with van der Waals surface area (Å²) in [5.74, 6) is -0.204. The fourth-order valence-electron chi connectivity index (χ4n) is 2.21. The van der Waals surface area contributed by atoms with Crippen LogP contribution < -0.4 is 10.6 Å². The van der Waals surface area contributed by atoms with E-state index in [1.165, 1.54) is 4.90 Å². The molecule has 0 bridgehead atoms. The molecule has 1 aliphatic rings. The van der Waals surface area contributed by atoms with E-state index in [0.717, 1.165) is 24.0 Å². The van der Waals surface area contributed by atoms with Crippen molar-refractivity contribution in [3.63, 3.8) is 0 Å². The molecule has 2 N–H and O–H groups in total. The zero-order valence-corrected chi connectivity index (χ0v) is 10.6.